The fraction of sp³-hybridized carbons (Fsp3) is 0.458. The molecule has 8 heteroatoms. The predicted molar refractivity (Wildman–Crippen MR) is 122 cm³/mol. The normalized spacial score (nSPS) is 21.2. The van der Waals surface area contributed by atoms with Gasteiger partial charge >= 0.3 is 0 Å². The Hall–Kier alpha value is -3.29. The molecule has 2 amide bonds. The van der Waals surface area contributed by atoms with E-state index in [1.165, 1.54) is 6.07 Å². The number of benzene rings is 1. The number of oxime groups is 1. The van der Waals surface area contributed by atoms with Gasteiger partial charge in [-0.25, -0.2) is 0 Å². The van der Waals surface area contributed by atoms with E-state index in [1.807, 2.05) is 12.2 Å². The summed E-state index contributed by atoms with van der Waals surface area (Å²) in [5.74, 6) is -0.973. The van der Waals surface area contributed by atoms with Gasteiger partial charge in [0.05, 0.1) is 11.3 Å². The molecule has 2 aliphatic rings. The molecule has 2 heterocycles. The molecule has 2 aliphatic heterocycles. The summed E-state index contributed by atoms with van der Waals surface area (Å²) in [6, 6.07) is 2.57. The lowest BCUT2D eigenvalue weighted by atomic mass is 9.99. The number of nitrogens with one attached hydrogen (secondary N) is 1. The average molecular weight is 442 g/mol. The van der Waals surface area contributed by atoms with Gasteiger partial charge in [0.1, 0.15) is 11.5 Å². The highest BCUT2D eigenvalue weighted by atomic mass is 16.6. The van der Waals surface area contributed by atoms with Crippen LogP contribution in [0.2, 0.25) is 0 Å². The Morgan fingerprint density at radius 1 is 1.06 bits per heavy atom. The van der Waals surface area contributed by atoms with Crippen LogP contribution in [0.5, 0.6) is 11.5 Å². The highest BCUT2D eigenvalue weighted by Gasteiger charge is 2.20. The Morgan fingerprint density at radius 3 is 2.62 bits per heavy atom. The second kappa shape index (κ2) is 11.9. The molecule has 0 radical (unpaired) electrons. The number of amides is 2. The molecule has 1 aromatic carbocycles. The average Bonchev–Trinajstić information content (AvgIpc) is 2.77. The first-order valence-electron chi connectivity index (χ1n) is 11.2. The molecule has 32 heavy (non-hydrogen) atoms. The third-order valence-electron chi connectivity index (χ3n) is 5.43. The summed E-state index contributed by atoms with van der Waals surface area (Å²) in [4.78, 5) is 32.2. The van der Waals surface area contributed by atoms with Crippen LogP contribution < -0.4 is 5.32 Å². The van der Waals surface area contributed by atoms with Crippen LogP contribution in [0.1, 0.15) is 54.4 Å². The predicted octanol–water partition coefficient (Wildman–Crippen LogP) is 3.05. The minimum atomic E-state index is -0.424. The molecule has 3 rings (SSSR count). The van der Waals surface area contributed by atoms with Crippen LogP contribution in [-0.2, 0) is 16.1 Å². The van der Waals surface area contributed by atoms with Crippen LogP contribution in [0.4, 0.5) is 0 Å². The largest absolute Gasteiger partial charge is 0.508 e. The molecule has 1 aromatic rings. The van der Waals surface area contributed by atoms with Crippen LogP contribution >= 0.6 is 0 Å². The van der Waals surface area contributed by atoms with Crippen molar-refractivity contribution in [1.29, 1.82) is 0 Å². The van der Waals surface area contributed by atoms with E-state index < -0.39 is 5.91 Å². The monoisotopic (exact) mass is 441 g/mol. The summed E-state index contributed by atoms with van der Waals surface area (Å²) in [5, 5.41) is 27.2. The first-order chi connectivity index (χ1) is 15.5. The van der Waals surface area contributed by atoms with Crippen LogP contribution in [0.25, 0.3) is 0 Å². The molecule has 0 atom stereocenters. The Balaban J connectivity index is 1.80. The Labute approximate surface area is 188 Å². The molecule has 0 saturated carbocycles. The molecular weight excluding hydrogens is 410 g/mol. The van der Waals surface area contributed by atoms with Crippen LogP contribution in [-0.4, -0.2) is 58.9 Å². The molecule has 0 aliphatic carbocycles. The van der Waals surface area contributed by atoms with E-state index in [4.69, 9.17) is 4.84 Å². The summed E-state index contributed by atoms with van der Waals surface area (Å²) in [6.45, 7) is 1.77. The number of fused-ring (bicyclic) bond motifs is 1. The number of carbonyl (C=O) groups is 2. The van der Waals surface area contributed by atoms with E-state index in [9.17, 15) is 19.8 Å². The summed E-state index contributed by atoms with van der Waals surface area (Å²) < 4.78 is 0. The van der Waals surface area contributed by atoms with E-state index in [-0.39, 0.29) is 36.0 Å². The smallest absolute Gasteiger partial charge is 0.263 e. The van der Waals surface area contributed by atoms with Crippen LogP contribution in [0, 0.1) is 0 Å². The molecule has 0 spiro atoms. The zero-order valence-electron chi connectivity index (χ0n) is 18.3. The SMILES string of the molecule is O=C1NCC/C=C/CC/C=C/C(=N\OCC(=O)N2CCCCC2)Cc2cc(O)cc(O)c21. The lowest BCUT2D eigenvalue weighted by Gasteiger charge is -2.26. The van der Waals surface area contributed by atoms with Crippen LogP contribution in [0.15, 0.2) is 41.6 Å². The van der Waals surface area contributed by atoms with E-state index in [0.717, 1.165) is 51.3 Å². The van der Waals surface area contributed by atoms with Gasteiger partial charge in [-0.2, -0.15) is 0 Å². The minimum Gasteiger partial charge on any atom is -0.508 e. The van der Waals surface area contributed by atoms with Crippen molar-refractivity contribution >= 4 is 17.5 Å². The number of likely N-dealkylation sites (tertiary alicyclic amines) is 1. The molecule has 172 valence electrons. The molecule has 1 fully saturated rings. The highest BCUT2D eigenvalue weighted by Crippen LogP contribution is 2.28. The number of aromatic hydroxyl groups is 2. The van der Waals surface area contributed by atoms with Gasteiger partial charge in [-0.15, -0.1) is 0 Å². The van der Waals surface area contributed by atoms with Gasteiger partial charge in [0.25, 0.3) is 11.8 Å². The summed E-state index contributed by atoms with van der Waals surface area (Å²) >= 11 is 0. The fourth-order valence-electron chi connectivity index (χ4n) is 3.80. The van der Waals surface area contributed by atoms with Gasteiger partial charge < -0.3 is 25.3 Å². The van der Waals surface area contributed by atoms with Crippen molar-refractivity contribution in [2.75, 3.05) is 26.2 Å². The summed E-state index contributed by atoms with van der Waals surface area (Å²) in [6.07, 6.45) is 13.4. The first-order valence-corrected chi connectivity index (χ1v) is 11.2. The van der Waals surface area contributed by atoms with Gasteiger partial charge in [0.15, 0.2) is 6.61 Å². The quantitative estimate of drug-likeness (QED) is 0.493. The van der Waals surface area contributed by atoms with Gasteiger partial charge in [-0.05, 0) is 56.2 Å². The number of piperidine rings is 1. The molecule has 3 N–H and O–H groups in total. The number of rotatable bonds is 3. The van der Waals surface area contributed by atoms with E-state index >= 15 is 0 Å². The number of hydrogen-bond acceptors (Lipinski definition) is 6. The number of phenolic OH excluding ortho intramolecular Hbond substituents is 2. The lowest BCUT2D eigenvalue weighted by molar-refractivity contribution is -0.137. The number of phenols is 2. The van der Waals surface area contributed by atoms with Crippen molar-refractivity contribution in [3.8, 4) is 11.5 Å². The maximum Gasteiger partial charge on any atom is 0.263 e. The third kappa shape index (κ3) is 6.87. The number of hydrogen-bond donors (Lipinski definition) is 3. The Bertz CT molecular complexity index is 901. The van der Waals surface area contributed by atoms with E-state index in [2.05, 4.69) is 16.5 Å². The lowest BCUT2D eigenvalue weighted by Crippen LogP contribution is -2.37. The minimum absolute atomic E-state index is 0.0920. The van der Waals surface area contributed by atoms with Crippen molar-refractivity contribution in [3.05, 3.63) is 47.6 Å². The molecule has 0 aromatic heterocycles. The van der Waals surface area contributed by atoms with Gasteiger partial charge in [-0.3, -0.25) is 9.59 Å². The molecule has 0 unspecified atom stereocenters. The number of carbonyl (C=O) groups excluding carboxylic acids is 2. The van der Waals surface area contributed by atoms with Crippen molar-refractivity contribution in [3.63, 3.8) is 0 Å². The summed E-state index contributed by atoms with van der Waals surface area (Å²) in [5.41, 5.74) is 0.993. The number of nitrogens with zero attached hydrogens (tertiary/aromatic N) is 2. The topological polar surface area (TPSA) is 111 Å². The Morgan fingerprint density at radius 2 is 1.81 bits per heavy atom. The van der Waals surface area contributed by atoms with Crippen molar-refractivity contribution < 1.29 is 24.6 Å². The first kappa shape index (κ1) is 23.4. The second-order valence-electron chi connectivity index (χ2n) is 7.97. The van der Waals surface area contributed by atoms with E-state index in [1.54, 1.807) is 11.0 Å². The molecule has 0 bridgehead atoms. The van der Waals surface area contributed by atoms with Crippen molar-refractivity contribution in [1.82, 2.24) is 10.2 Å². The molecule has 1 saturated heterocycles. The third-order valence-corrected chi connectivity index (χ3v) is 5.43. The fourth-order valence-corrected chi connectivity index (χ4v) is 3.80. The second-order valence-corrected chi connectivity index (χ2v) is 7.97. The van der Waals surface area contributed by atoms with Crippen molar-refractivity contribution in [2.24, 2.45) is 5.16 Å². The van der Waals surface area contributed by atoms with E-state index in [0.29, 0.717) is 24.2 Å². The van der Waals surface area contributed by atoms with Gasteiger partial charge in [-0.1, -0.05) is 23.4 Å². The molecular formula is C24H31N3O5. The Kier molecular flexibility index (Phi) is 8.71. The maximum atomic E-state index is 12.7. The van der Waals surface area contributed by atoms with Gasteiger partial charge in [0, 0.05) is 32.1 Å². The van der Waals surface area contributed by atoms with Crippen LogP contribution in [0.3, 0.4) is 0 Å². The standard InChI is InChI=1S/C24H31N3O5/c28-20-15-18-14-19(26-32-17-22(30)27-12-8-5-9-13-27)10-6-3-1-2-4-7-11-25-24(31)23(18)21(29)16-20/h2,4,6,10,15-16,28-29H,1,3,5,7-9,11-14,17H2,(H,25,31)/b4-2+,10-6+,26-19+. The van der Waals surface area contributed by atoms with Gasteiger partial charge in [0.2, 0.25) is 0 Å². The molecule has 8 nitrogen and oxygen atoms in total. The zero-order chi connectivity index (χ0) is 22.8. The highest BCUT2D eigenvalue weighted by molar-refractivity contribution is 6.02. The number of allylic oxidation sites excluding steroid dienone is 3. The summed E-state index contributed by atoms with van der Waals surface area (Å²) in [7, 11) is 0. The van der Waals surface area contributed by atoms with Crippen molar-refractivity contribution in [2.45, 2.75) is 44.9 Å². The maximum absolute atomic E-state index is 12.7. The zero-order valence-corrected chi connectivity index (χ0v) is 18.3.